The van der Waals surface area contributed by atoms with Gasteiger partial charge in [-0.05, 0) is 45.3 Å². The van der Waals surface area contributed by atoms with Crippen LogP contribution in [0.5, 0.6) is 0 Å². The third-order valence-corrected chi connectivity index (χ3v) is 3.52. The summed E-state index contributed by atoms with van der Waals surface area (Å²) in [5.41, 5.74) is 0. The maximum absolute atomic E-state index is 11.4. The molecule has 0 saturated carbocycles. The van der Waals surface area contributed by atoms with Gasteiger partial charge in [-0.3, -0.25) is 4.79 Å². The second-order valence-corrected chi connectivity index (χ2v) is 4.45. The monoisotopic (exact) mass is 212 g/mol. The predicted molar refractivity (Wildman–Crippen MR) is 57.6 cm³/mol. The molecule has 0 bridgehead atoms. The van der Waals surface area contributed by atoms with Crippen LogP contribution in [0.4, 0.5) is 0 Å². The van der Waals surface area contributed by atoms with E-state index in [1.807, 2.05) is 0 Å². The molecule has 1 N–H and O–H groups in total. The number of hydrogen-bond acceptors (Lipinski definition) is 4. The van der Waals surface area contributed by atoms with Gasteiger partial charge in [0, 0.05) is 6.04 Å². The van der Waals surface area contributed by atoms with E-state index in [0.717, 1.165) is 19.4 Å². The maximum Gasteiger partial charge on any atom is 0.322 e. The number of nitrogens with one attached hydrogen (secondary N) is 1. The van der Waals surface area contributed by atoms with Crippen molar-refractivity contribution in [3.05, 3.63) is 0 Å². The Morgan fingerprint density at radius 2 is 2.13 bits per heavy atom. The van der Waals surface area contributed by atoms with Crippen LogP contribution in [0.2, 0.25) is 0 Å². The molecule has 0 spiro atoms. The van der Waals surface area contributed by atoms with Gasteiger partial charge in [0.15, 0.2) is 0 Å². The lowest BCUT2D eigenvalue weighted by Crippen LogP contribution is -2.50. The van der Waals surface area contributed by atoms with Gasteiger partial charge in [-0.25, -0.2) is 0 Å². The highest BCUT2D eigenvalue weighted by Gasteiger charge is 2.31. The molecule has 0 radical (unpaired) electrons. The molecule has 2 aliphatic rings. The fourth-order valence-corrected chi connectivity index (χ4v) is 2.66. The summed E-state index contributed by atoms with van der Waals surface area (Å²) in [7, 11) is 1.46. The minimum absolute atomic E-state index is 0.0886. The van der Waals surface area contributed by atoms with Gasteiger partial charge >= 0.3 is 5.97 Å². The molecule has 0 aromatic carbocycles. The third kappa shape index (κ3) is 2.49. The average Bonchev–Trinajstić information content (AvgIpc) is 2.82. The van der Waals surface area contributed by atoms with Crippen LogP contribution in [0.15, 0.2) is 0 Å². The lowest BCUT2D eigenvalue weighted by molar-refractivity contribution is -0.144. The topological polar surface area (TPSA) is 41.6 Å². The van der Waals surface area contributed by atoms with Gasteiger partial charge in [0.1, 0.15) is 6.04 Å². The van der Waals surface area contributed by atoms with Crippen LogP contribution >= 0.6 is 0 Å². The Kier molecular flexibility index (Phi) is 3.59. The number of hydrogen-bond donors (Lipinski definition) is 1. The van der Waals surface area contributed by atoms with Crippen molar-refractivity contribution < 1.29 is 9.53 Å². The quantitative estimate of drug-likeness (QED) is 0.672. The van der Waals surface area contributed by atoms with Gasteiger partial charge in [0.25, 0.3) is 0 Å². The Labute approximate surface area is 91.0 Å². The van der Waals surface area contributed by atoms with E-state index >= 15 is 0 Å². The van der Waals surface area contributed by atoms with Crippen LogP contribution in [-0.4, -0.2) is 49.7 Å². The van der Waals surface area contributed by atoms with Crippen molar-refractivity contribution in [1.29, 1.82) is 0 Å². The first kappa shape index (κ1) is 10.9. The summed E-state index contributed by atoms with van der Waals surface area (Å²) in [4.78, 5) is 13.9. The van der Waals surface area contributed by atoms with Crippen molar-refractivity contribution in [2.75, 3.05) is 26.7 Å². The minimum Gasteiger partial charge on any atom is -0.468 e. The highest BCUT2D eigenvalue weighted by Crippen LogP contribution is 2.20. The molecule has 0 aliphatic carbocycles. The fourth-order valence-electron chi connectivity index (χ4n) is 2.66. The molecule has 2 saturated heterocycles. The second kappa shape index (κ2) is 4.94. The fraction of sp³-hybridized carbons (Fsp3) is 0.909. The van der Waals surface area contributed by atoms with E-state index < -0.39 is 0 Å². The summed E-state index contributed by atoms with van der Waals surface area (Å²) < 4.78 is 4.78. The number of carbonyl (C=O) groups is 1. The molecular formula is C11H20N2O2. The van der Waals surface area contributed by atoms with E-state index in [-0.39, 0.29) is 12.0 Å². The Morgan fingerprint density at radius 1 is 1.40 bits per heavy atom. The number of methoxy groups -OCH3 is 1. The summed E-state index contributed by atoms with van der Waals surface area (Å²) in [6.45, 7) is 3.35. The number of nitrogens with zero attached hydrogens (tertiary/aromatic N) is 1. The lowest BCUT2D eigenvalue weighted by atomic mass is 9.98. The number of rotatable bonds is 2. The van der Waals surface area contributed by atoms with Crippen molar-refractivity contribution in [3.63, 3.8) is 0 Å². The van der Waals surface area contributed by atoms with Crippen molar-refractivity contribution in [2.24, 2.45) is 0 Å². The standard InChI is InChI=1S/C11H20N2O2/c1-15-11(14)10-8-9(4-5-12-10)13-6-2-3-7-13/h9-10,12H,2-8H2,1H3. The first-order valence-electron chi connectivity index (χ1n) is 5.86. The van der Waals surface area contributed by atoms with Crippen LogP contribution in [0.25, 0.3) is 0 Å². The summed E-state index contributed by atoms with van der Waals surface area (Å²) >= 11 is 0. The summed E-state index contributed by atoms with van der Waals surface area (Å²) in [5, 5.41) is 3.22. The van der Waals surface area contributed by atoms with E-state index in [1.165, 1.54) is 33.0 Å². The number of carbonyl (C=O) groups excluding carboxylic acids is 1. The molecule has 2 heterocycles. The molecule has 2 rings (SSSR count). The zero-order chi connectivity index (χ0) is 10.7. The molecular weight excluding hydrogens is 192 g/mol. The summed E-state index contributed by atoms with van der Waals surface area (Å²) in [5.74, 6) is -0.112. The van der Waals surface area contributed by atoms with Gasteiger partial charge in [-0.2, -0.15) is 0 Å². The summed E-state index contributed by atoms with van der Waals surface area (Å²) in [6.07, 6.45) is 4.69. The Hall–Kier alpha value is -0.610. The second-order valence-electron chi connectivity index (χ2n) is 4.45. The zero-order valence-electron chi connectivity index (χ0n) is 9.37. The molecule has 2 aliphatic heterocycles. The molecule has 2 atom stereocenters. The van der Waals surface area contributed by atoms with E-state index in [4.69, 9.17) is 4.74 Å². The molecule has 15 heavy (non-hydrogen) atoms. The average molecular weight is 212 g/mol. The molecule has 2 unspecified atom stereocenters. The predicted octanol–water partition coefficient (Wildman–Crippen LogP) is 0.376. The van der Waals surface area contributed by atoms with E-state index in [9.17, 15) is 4.79 Å². The highest BCUT2D eigenvalue weighted by molar-refractivity contribution is 5.75. The van der Waals surface area contributed by atoms with Gasteiger partial charge in [0.2, 0.25) is 0 Å². The highest BCUT2D eigenvalue weighted by atomic mass is 16.5. The normalized spacial score (nSPS) is 32.9. The Morgan fingerprint density at radius 3 is 2.80 bits per heavy atom. The van der Waals surface area contributed by atoms with Crippen LogP contribution in [-0.2, 0) is 9.53 Å². The van der Waals surface area contributed by atoms with Crippen LogP contribution in [0.3, 0.4) is 0 Å². The molecule has 2 fully saturated rings. The smallest absolute Gasteiger partial charge is 0.322 e. The number of esters is 1. The number of piperidine rings is 1. The van der Waals surface area contributed by atoms with E-state index in [0.29, 0.717) is 6.04 Å². The van der Waals surface area contributed by atoms with Crippen LogP contribution < -0.4 is 5.32 Å². The molecule has 0 aromatic heterocycles. The third-order valence-electron chi connectivity index (χ3n) is 3.52. The number of ether oxygens (including phenoxy) is 1. The van der Waals surface area contributed by atoms with Crippen molar-refractivity contribution >= 4 is 5.97 Å². The largest absolute Gasteiger partial charge is 0.468 e. The van der Waals surface area contributed by atoms with Gasteiger partial charge < -0.3 is 15.0 Å². The number of likely N-dealkylation sites (tertiary alicyclic amines) is 1. The first-order valence-corrected chi connectivity index (χ1v) is 5.86. The SMILES string of the molecule is COC(=O)C1CC(N2CCCC2)CCN1. The van der Waals surface area contributed by atoms with E-state index in [2.05, 4.69) is 10.2 Å². The molecule has 86 valence electrons. The lowest BCUT2D eigenvalue weighted by Gasteiger charge is -2.34. The van der Waals surface area contributed by atoms with Crippen molar-refractivity contribution in [1.82, 2.24) is 10.2 Å². The maximum atomic E-state index is 11.4. The van der Waals surface area contributed by atoms with Crippen LogP contribution in [0, 0.1) is 0 Å². The Balaban J connectivity index is 1.88. The molecule has 0 aromatic rings. The minimum atomic E-state index is -0.112. The molecule has 0 amide bonds. The first-order chi connectivity index (χ1) is 7.31. The Bertz CT molecular complexity index is 227. The zero-order valence-corrected chi connectivity index (χ0v) is 9.37. The van der Waals surface area contributed by atoms with Crippen LogP contribution in [0.1, 0.15) is 25.7 Å². The van der Waals surface area contributed by atoms with Gasteiger partial charge in [0.05, 0.1) is 7.11 Å². The van der Waals surface area contributed by atoms with E-state index in [1.54, 1.807) is 0 Å². The molecule has 4 heteroatoms. The van der Waals surface area contributed by atoms with Crippen molar-refractivity contribution in [2.45, 2.75) is 37.8 Å². The van der Waals surface area contributed by atoms with Gasteiger partial charge in [-0.1, -0.05) is 0 Å². The van der Waals surface area contributed by atoms with Crippen molar-refractivity contribution in [3.8, 4) is 0 Å². The van der Waals surface area contributed by atoms with Gasteiger partial charge in [-0.15, -0.1) is 0 Å². The summed E-state index contributed by atoms with van der Waals surface area (Å²) in [6, 6.07) is 0.493. The molecule has 4 nitrogen and oxygen atoms in total.